The number of nitrogens with one attached hydrogen (secondary N) is 2. The van der Waals surface area contributed by atoms with Crippen molar-refractivity contribution in [1.82, 2.24) is 14.9 Å². The fourth-order valence-corrected chi connectivity index (χ4v) is 4.66. The lowest BCUT2D eigenvalue weighted by Gasteiger charge is -2.25. The lowest BCUT2D eigenvalue weighted by atomic mass is 9.87. The number of hydrogen-bond donors (Lipinski definition) is 2. The van der Waals surface area contributed by atoms with Crippen molar-refractivity contribution in [3.63, 3.8) is 0 Å². The molecule has 1 atom stereocenters. The van der Waals surface area contributed by atoms with E-state index in [-0.39, 0.29) is 17.4 Å². The third kappa shape index (κ3) is 4.55. The molecular weight excluding hydrogens is 338 g/mol. The molecule has 0 amide bonds. The van der Waals surface area contributed by atoms with E-state index in [1.54, 1.807) is 6.07 Å². The first kappa shape index (κ1) is 17.8. The summed E-state index contributed by atoms with van der Waals surface area (Å²) in [6.07, 6.45) is 3.89. The molecule has 1 heterocycles. The molecule has 1 aromatic carbocycles. The van der Waals surface area contributed by atoms with Gasteiger partial charge >= 0.3 is 0 Å². The van der Waals surface area contributed by atoms with E-state index in [1.807, 2.05) is 19.1 Å². The zero-order chi connectivity index (χ0) is 17.9. The highest BCUT2D eigenvalue weighted by Crippen LogP contribution is 2.26. The van der Waals surface area contributed by atoms with Crippen LogP contribution in [0.15, 0.2) is 35.1 Å². The van der Waals surface area contributed by atoms with Crippen molar-refractivity contribution >= 4 is 10.0 Å². The maximum Gasteiger partial charge on any atom is 0.264 e. The molecule has 1 aromatic heterocycles. The Labute approximate surface area is 147 Å². The lowest BCUT2D eigenvalue weighted by molar-refractivity contribution is 0.506. The predicted molar refractivity (Wildman–Crippen MR) is 97.9 cm³/mol. The van der Waals surface area contributed by atoms with E-state index in [9.17, 15) is 13.2 Å². The van der Waals surface area contributed by atoms with E-state index in [1.165, 1.54) is 17.2 Å². The number of unbranched alkanes of at least 4 members (excludes halogenated alkanes) is 1. The van der Waals surface area contributed by atoms with Crippen LogP contribution in [0.4, 0.5) is 0 Å². The maximum absolute atomic E-state index is 12.1. The number of rotatable bonds is 6. The number of H-pyrrole nitrogens is 1. The molecule has 0 fully saturated rings. The highest BCUT2D eigenvalue weighted by atomic mass is 32.2. The Bertz CT molecular complexity index is 886. The van der Waals surface area contributed by atoms with Gasteiger partial charge in [-0.15, -0.1) is 0 Å². The first-order chi connectivity index (χ1) is 12.0. The minimum Gasteiger partial charge on any atom is -0.268 e. The van der Waals surface area contributed by atoms with Gasteiger partial charge in [0.15, 0.2) is 0 Å². The minimum atomic E-state index is -3.19. The molecule has 0 saturated carbocycles. The third-order valence-electron chi connectivity index (χ3n) is 4.52. The van der Waals surface area contributed by atoms with E-state index in [0.717, 1.165) is 30.5 Å². The Morgan fingerprint density at radius 2 is 2.08 bits per heavy atom. The molecule has 2 aromatic rings. The summed E-state index contributed by atoms with van der Waals surface area (Å²) in [6.45, 7) is 1.99. The fraction of sp³-hybridized carbons (Fsp3) is 0.444. The third-order valence-corrected chi connectivity index (χ3v) is 6.04. The minimum absolute atomic E-state index is 0.0357. The summed E-state index contributed by atoms with van der Waals surface area (Å²) in [5.41, 5.74) is 3.85. The molecule has 1 unspecified atom stereocenters. The molecule has 0 radical (unpaired) electrons. The molecule has 0 bridgehead atoms. The van der Waals surface area contributed by atoms with Gasteiger partial charge in [-0.1, -0.05) is 25.5 Å². The summed E-state index contributed by atoms with van der Waals surface area (Å²) in [5, 5.41) is 6.51. The van der Waals surface area contributed by atoms with E-state index in [2.05, 4.69) is 21.0 Å². The van der Waals surface area contributed by atoms with Gasteiger partial charge in [0.25, 0.3) is 5.56 Å². The van der Waals surface area contributed by atoms with Crippen LogP contribution in [0.25, 0.3) is 11.3 Å². The molecule has 0 aliphatic heterocycles. The van der Waals surface area contributed by atoms with E-state index in [4.69, 9.17) is 0 Å². The first-order valence-electron chi connectivity index (χ1n) is 8.65. The van der Waals surface area contributed by atoms with Gasteiger partial charge in [0, 0.05) is 17.7 Å². The highest BCUT2D eigenvalue weighted by molar-refractivity contribution is 7.89. The van der Waals surface area contributed by atoms with Gasteiger partial charge in [-0.2, -0.15) is 5.10 Å². The molecular formula is C18H23N3O3S. The van der Waals surface area contributed by atoms with E-state index >= 15 is 0 Å². The van der Waals surface area contributed by atoms with Crippen LogP contribution in [-0.4, -0.2) is 30.4 Å². The quantitative estimate of drug-likeness (QED) is 0.823. The number of hydrogen-bond acceptors (Lipinski definition) is 4. The highest BCUT2D eigenvalue weighted by Gasteiger charge is 2.23. The van der Waals surface area contributed by atoms with Crippen LogP contribution in [0, 0.1) is 0 Å². The molecule has 7 heteroatoms. The summed E-state index contributed by atoms with van der Waals surface area (Å²) in [4.78, 5) is 11.1. The second kappa shape index (κ2) is 7.49. The first-order valence-corrected chi connectivity index (χ1v) is 10.3. The maximum atomic E-state index is 12.1. The van der Waals surface area contributed by atoms with Crippen molar-refractivity contribution in [1.29, 1.82) is 0 Å². The Morgan fingerprint density at radius 1 is 1.24 bits per heavy atom. The molecule has 6 nitrogen and oxygen atoms in total. The van der Waals surface area contributed by atoms with Gasteiger partial charge in [-0.05, 0) is 48.9 Å². The number of fused-ring (bicyclic) bond motifs is 1. The van der Waals surface area contributed by atoms with Crippen molar-refractivity contribution in [2.24, 2.45) is 0 Å². The van der Waals surface area contributed by atoms with E-state index < -0.39 is 10.0 Å². The summed E-state index contributed by atoms with van der Waals surface area (Å²) >= 11 is 0. The normalized spacial score (nSPS) is 17.2. The van der Waals surface area contributed by atoms with Crippen molar-refractivity contribution < 1.29 is 8.42 Å². The zero-order valence-corrected chi connectivity index (χ0v) is 15.1. The van der Waals surface area contributed by atoms with Crippen molar-refractivity contribution in [2.75, 3.05) is 5.75 Å². The van der Waals surface area contributed by atoms with Gasteiger partial charge in [0.05, 0.1) is 11.4 Å². The van der Waals surface area contributed by atoms with Crippen molar-refractivity contribution in [3.05, 3.63) is 51.8 Å². The summed E-state index contributed by atoms with van der Waals surface area (Å²) in [5.74, 6) is 0.198. The Balaban J connectivity index is 1.72. The molecule has 1 aliphatic carbocycles. The van der Waals surface area contributed by atoms with Crippen molar-refractivity contribution in [2.45, 2.75) is 45.1 Å². The molecule has 0 saturated heterocycles. The number of aromatic amines is 1. The molecule has 134 valence electrons. The Morgan fingerprint density at radius 3 is 2.80 bits per heavy atom. The second-order valence-electron chi connectivity index (χ2n) is 6.52. The SMILES string of the molecule is CCCCS(=O)(=O)NC1CCc2cc(-c3ccc(=O)[nH]n3)ccc2C1. The van der Waals surface area contributed by atoms with Crippen LogP contribution in [0.3, 0.4) is 0 Å². The van der Waals surface area contributed by atoms with Gasteiger partial charge < -0.3 is 0 Å². The van der Waals surface area contributed by atoms with Gasteiger partial charge in [-0.3, -0.25) is 4.79 Å². The average molecular weight is 361 g/mol. The molecule has 0 spiro atoms. The summed E-state index contributed by atoms with van der Waals surface area (Å²) in [7, 11) is -3.19. The van der Waals surface area contributed by atoms with Crippen LogP contribution >= 0.6 is 0 Å². The smallest absolute Gasteiger partial charge is 0.264 e. The number of benzene rings is 1. The monoisotopic (exact) mass is 361 g/mol. The van der Waals surface area contributed by atoms with Crippen LogP contribution in [0.2, 0.25) is 0 Å². The standard InChI is InChI=1S/C18H23N3O3S/c1-2-3-10-25(23,24)21-16-7-6-13-11-15(5-4-14(13)12-16)17-8-9-18(22)20-19-17/h4-5,8-9,11,16,21H,2-3,6-7,10,12H2,1H3,(H,20,22). The Hall–Kier alpha value is -1.99. The number of nitrogens with zero attached hydrogens (tertiary/aromatic N) is 1. The molecule has 1 aliphatic rings. The lowest BCUT2D eigenvalue weighted by Crippen LogP contribution is -2.40. The van der Waals surface area contributed by atoms with Gasteiger partial charge in [0.1, 0.15) is 0 Å². The zero-order valence-electron chi connectivity index (χ0n) is 14.3. The average Bonchev–Trinajstić information content (AvgIpc) is 2.60. The van der Waals surface area contributed by atoms with Crippen LogP contribution in [0.5, 0.6) is 0 Å². The fourth-order valence-electron chi connectivity index (χ4n) is 3.17. The molecule has 2 N–H and O–H groups in total. The number of aryl methyl sites for hydroxylation is 1. The topological polar surface area (TPSA) is 91.9 Å². The predicted octanol–water partition coefficient (Wildman–Crippen LogP) is 2.01. The largest absolute Gasteiger partial charge is 0.268 e. The second-order valence-corrected chi connectivity index (χ2v) is 8.39. The molecule has 3 rings (SSSR count). The van der Waals surface area contributed by atoms with Crippen LogP contribution < -0.4 is 10.3 Å². The van der Waals surface area contributed by atoms with Crippen LogP contribution in [0.1, 0.15) is 37.3 Å². The number of aromatic nitrogens is 2. The summed E-state index contributed by atoms with van der Waals surface area (Å²) < 4.78 is 27.0. The van der Waals surface area contributed by atoms with Gasteiger partial charge in [0.2, 0.25) is 10.0 Å². The van der Waals surface area contributed by atoms with E-state index in [0.29, 0.717) is 12.8 Å². The van der Waals surface area contributed by atoms with Gasteiger partial charge in [-0.25, -0.2) is 18.2 Å². The molecule has 25 heavy (non-hydrogen) atoms. The van der Waals surface area contributed by atoms with Crippen molar-refractivity contribution in [3.8, 4) is 11.3 Å². The summed E-state index contributed by atoms with van der Waals surface area (Å²) in [6, 6.07) is 9.21. The number of sulfonamides is 1. The Kier molecular flexibility index (Phi) is 5.34. The van der Waals surface area contributed by atoms with Crippen LogP contribution in [-0.2, 0) is 22.9 Å².